The van der Waals surface area contributed by atoms with Gasteiger partial charge in [-0.3, -0.25) is 9.13 Å². The average molecular weight is 290 g/mol. The average Bonchev–Trinajstić information content (AvgIpc) is 2.52. The van der Waals surface area contributed by atoms with Crippen molar-refractivity contribution >= 4 is 15.2 Å². The van der Waals surface area contributed by atoms with Gasteiger partial charge in [-0.15, -0.1) is 0 Å². The Balaban J connectivity index is 0.00000256. The normalized spacial score (nSPS) is 13.2. The van der Waals surface area contributed by atoms with E-state index in [4.69, 9.17) is 19.6 Å². The van der Waals surface area contributed by atoms with Crippen LogP contribution in [0, 0.1) is 0 Å². The van der Waals surface area contributed by atoms with Crippen molar-refractivity contribution in [2.75, 3.05) is 0 Å². The van der Waals surface area contributed by atoms with E-state index in [1.807, 2.05) is 0 Å². The third-order valence-electron chi connectivity index (χ3n) is 1.89. The highest BCUT2D eigenvalue weighted by molar-refractivity contribution is 7.72. The Kier molecular flexibility index (Phi) is 4.80. The molecule has 0 spiro atoms. The van der Waals surface area contributed by atoms with E-state index in [9.17, 15) is 14.2 Å². The highest BCUT2D eigenvalue weighted by Gasteiger charge is 2.59. The fourth-order valence-corrected chi connectivity index (χ4v) is 3.03. The number of imidazole rings is 1. The molecule has 10 nitrogen and oxygen atoms in total. The Labute approximate surface area is 95.2 Å². The second-order valence-electron chi connectivity index (χ2n) is 3.10. The molecule has 0 aromatic carbocycles. The number of aromatic nitrogens is 2. The van der Waals surface area contributed by atoms with Gasteiger partial charge in [0.2, 0.25) is 0 Å². The quantitative estimate of drug-likeness (QED) is 0.396. The Morgan fingerprint density at radius 2 is 1.65 bits per heavy atom. The van der Waals surface area contributed by atoms with Crippen LogP contribution in [-0.2, 0) is 15.7 Å². The van der Waals surface area contributed by atoms with Gasteiger partial charge in [-0.25, -0.2) is 4.98 Å². The second kappa shape index (κ2) is 4.97. The number of aliphatic hydroxyl groups is 1. The molecule has 1 aromatic heterocycles. The minimum Gasteiger partial charge on any atom is -0.412 e. The van der Waals surface area contributed by atoms with Crippen molar-refractivity contribution in [3.8, 4) is 0 Å². The molecular formula is C5H12N2O8P2. The number of hydrogen-bond donors (Lipinski definition) is 5. The lowest BCUT2D eigenvalue weighted by Crippen LogP contribution is -2.33. The highest BCUT2D eigenvalue weighted by atomic mass is 31.2. The van der Waals surface area contributed by atoms with Gasteiger partial charge in [0.05, 0.1) is 12.9 Å². The maximum atomic E-state index is 10.9. The molecule has 7 N–H and O–H groups in total. The van der Waals surface area contributed by atoms with Gasteiger partial charge in [0, 0.05) is 12.4 Å². The lowest BCUT2D eigenvalue weighted by molar-refractivity contribution is 0.115. The SMILES string of the molecule is O.O=P(O)(O)C(O)(Cn1ccnc1)P(=O)(O)O. The first-order valence-electron chi connectivity index (χ1n) is 3.87. The van der Waals surface area contributed by atoms with Gasteiger partial charge < -0.3 is 34.7 Å². The molecule has 0 aliphatic rings. The zero-order chi connectivity index (χ0) is 12.6. The van der Waals surface area contributed by atoms with Gasteiger partial charge in [0.25, 0.3) is 5.08 Å². The Hall–Kier alpha value is -0.570. The van der Waals surface area contributed by atoms with Crippen LogP contribution in [0.4, 0.5) is 0 Å². The fourth-order valence-electron chi connectivity index (χ4n) is 0.979. The van der Waals surface area contributed by atoms with Crippen molar-refractivity contribution in [3.63, 3.8) is 0 Å². The molecule has 0 unspecified atom stereocenters. The summed E-state index contributed by atoms with van der Waals surface area (Å²) in [5, 5.41) is 6.04. The summed E-state index contributed by atoms with van der Waals surface area (Å²) >= 11 is 0. The van der Waals surface area contributed by atoms with Crippen molar-refractivity contribution in [1.29, 1.82) is 0 Å². The van der Waals surface area contributed by atoms with E-state index in [-0.39, 0.29) is 5.48 Å². The summed E-state index contributed by atoms with van der Waals surface area (Å²) in [6, 6.07) is 0. The summed E-state index contributed by atoms with van der Waals surface area (Å²) in [7, 11) is -10.8. The molecule has 12 heteroatoms. The van der Waals surface area contributed by atoms with Gasteiger partial charge in [-0.05, 0) is 0 Å². The number of rotatable bonds is 4. The van der Waals surface area contributed by atoms with Crippen LogP contribution in [0.3, 0.4) is 0 Å². The topological polar surface area (TPSA) is 185 Å². The molecule has 0 amide bonds. The van der Waals surface area contributed by atoms with Crippen LogP contribution in [0.2, 0.25) is 0 Å². The predicted octanol–water partition coefficient (Wildman–Crippen LogP) is -1.94. The minimum absolute atomic E-state index is 0. The van der Waals surface area contributed by atoms with E-state index < -0.39 is 26.8 Å². The minimum atomic E-state index is -5.41. The molecule has 1 aromatic rings. The summed E-state index contributed by atoms with van der Waals surface area (Å²) in [5.74, 6) is 0. The van der Waals surface area contributed by atoms with Gasteiger partial charge in [-0.1, -0.05) is 0 Å². The number of nitrogens with zero attached hydrogens (tertiary/aromatic N) is 2. The maximum Gasteiger partial charge on any atom is 0.371 e. The third-order valence-corrected chi connectivity index (χ3v) is 5.60. The van der Waals surface area contributed by atoms with Crippen LogP contribution in [-0.4, -0.2) is 44.8 Å². The third kappa shape index (κ3) is 3.21. The first kappa shape index (κ1) is 16.4. The van der Waals surface area contributed by atoms with Crippen molar-refractivity contribution in [3.05, 3.63) is 18.7 Å². The Morgan fingerprint density at radius 1 is 1.18 bits per heavy atom. The molecule has 0 aliphatic heterocycles. The van der Waals surface area contributed by atoms with Crippen LogP contribution < -0.4 is 0 Å². The number of hydrogen-bond acceptors (Lipinski definition) is 4. The zero-order valence-electron chi connectivity index (χ0n) is 8.28. The lowest BCUT2D eigenvalue weighted by Gasteiger charge is -2.29. The maximum absolute atomic E-state index is 10.9. The van der Waals surface area contributed by atoms with Crippen LogP contribution in [0.5, 0.6) is 0 Å². The van der Waals surface area contributed by atoms with Gasteiger partial charge >= 0.3 is 15.2 Å². The van der Waals surface area contributed by atoms with Crippen molar-refractivity contribution in [2.24, 2.45) is 0 Å². The van der Waals surface area contributed by atoms with E-state index in [1.54, 1.807) is 0 Å². The molecule has 0 atom stereocenters. The van der Waals surface area contributed by atoms with E-state index in [0.29, 0.717) is 0 Å². The molecule has 0 saturated carbocycles. The largest absolute Gasteiger partial charge is 0.412 e. The first-order valence-corrected chi connectivity index (χ1v) is 7.10. The molecule has 0 fully saturated rings. The smallest absolute Gasteiger partial charge is 0.371 e. The van der Waals surface area contributed by atoms with Crippen LogP contribution in [0.25, 0.3) is 0 Å². The Bertz CT molecular complexity index is 424. The first-order chi connectivity index (χ1) is 7.08. The standard InChI is InChI=1S/C5H10N2O7P2.H2O/c8-5(15(9,10)11,16(12,13)14)3-7-2-1-6-4-7;/h1-2,4,8H,3H2,(H2,9,10,11)(H2,12,13,14);1H2. The Morgan fingerprint density at radius 3 is 1.94 bits per heavy atom. The fraction of sp³-hybridized carbons (Fsp3) is 0.400. The van der Waals surface area contributed by atoms with Crippen LogP contribution in [0.1, 0.15) is 0 Å². The van der Waals surface area contributed by atoms with E-state index >= 15 is 0 Å². The molecule has 17 heavy (non-hydrogen) atoms. The molecular weight excluding hydrogens is 278 g/mol. The van der Waals surface area contributed by atoms with Crippen molar-refractivity contribution in [2.45, 2.75) is 11.6 Å². The molecule has 100 valence electrons. The second-order valence-corrected chi connectivity index (χ2v) is 7.11. The molecule has 0 bridgehead atoms. The lowest BCUT2D eigenvalue weighted by atomic mass is 10.6. The highest BCUT2D eigenvalue weighted by Crippen LogP contribution is 2.67. The van der Waals surface area contributed by atoms with Crippen LogP contribution in [0.15, 0.2) is 18.7 Å². The van der Waals surface area contributed by atoms with Crippen molar-refractivity contribution in [1.82, 2.24) is 9.55 Å². The summed E-state index contributed by atoms with van der Waals surface area (Å²) in [4.78, 5) is 38.7. The summed E-state index contributed by atoms with van der Waals surface area (Å²) < 4.78 is 22.8. The van der Waals surface area contributed by atoms with Gasteiger partial charge in [0.1, 0.15) is 0 Å². The van der Waals surface area contributed by atoms with E-state index in [0.717, 1.165) is 10.9 Å². The van der Waals surface area contributed by atoms with Crippen LogP contribution >= 0.6 is 15.2 Å². The summed E-state index contributed by atoms with van der Waals surface area (Å²) in [6.07, 6.45) is 3.51. The van der Waals surface area contributed by atoms with E-state index in [2.05, 4.69) is 4.98 Å². The predicted molar refractivity (Wildman–Crippen MR) is 54.9 cm³/mol. The van der Waals surface area contributed by atoms with E-state index in [1.165, 1.54) is 12.4 Å². The van der Waals surface area contributed by atoms with Gasteiger partial charge in [-0.2, -0.15) is 0 Å². The molecule has 0 radical (unpaired) electrons. The molecule has 1 rings (SSSR count). The molecule has 0 saturated heterocycles. The zero-order valence-corrected chi connectivity index (χ0v) is 10.1. The molecule has 1 heterocycles. The summed E-state index contributed by atoms with van der Waals surface area (Å²) in [6.45, 7) is -0.957. The summed E-state index contributed by atoms with van der Waals surface area (Å²) in [5.41, 5.74) is 0. The molecule has 0 aliphatic carbocycles. The van der Waals surface area contributed by atoms with Gasteiger partial charge in [0.15, 0.2) is 0 Å². The van der Waals surface area contributed by atoms with Crippen molar-refractivity contribution < 1.29 is 39.3 Å². The monoisotopic (exact) mass is 290 g/mol.